The molecule has 1 aromatic carbocycles. The molecule has 1 unspecified atom stereocenters. The van der Waals surface area contributed by atoms with E-state index in [1.54, 1.807) is 0 Å². The third-order valence-corrected chi connectivity index (χ3v) is 3.12. The predicted molar refractivity (Wildman–Crippen MR) is 71.5 cm³/mol. The number of carbonyl (C=O) groups excluding carboxylic acids is 1. The van der Waals surface area contributed by atoms with Crippen molar-refractivity contribution in [3.05, 3.63) is 64.4 Å². The zero-order valence-corrected chi connectivity index (χ0v) is 11.3. The van der Waals surface area contributed by atoms with Crippen molar-refractivity contribution in [3.63, 3.8) is 0 Å². The van der Waals surface area contributed by atoms with Crippen LogP contribution in [0, 0.1) is 11.6 Å². The van der Waals surface area contributed by atoms with Gasteiger partial charge in [-0.25, -0.2) is 8.78 Å². The lowest BCUT2D eigenvalue weighted by molar-refractivity contribution is 0.0938. The Balaban J connectivity index is 2.22. The van der Waals surface area contributed by atoms with Gasteiger partial charge in [0.2, 0.25) is 0 Å². The van der Waals surface area contributed by atoms with Gasteiger partial charge in [0, 0.05) is 18.0 Å². The van der Waals surface area contributed by atoms with E-state index in [0.29, 0.717) is 0 Å². The predicted octanol–water partition coefficient (Wildman–Crippen LogP) is 3.50. The fourth-order valence-corrected chi connectivity index (χ4v) is 2.01. The van der Waals surface area contributed by atoms with Crippen LogP contribution >= 0.6 is 11.6 Å². The van der Waals surface area contributed by atoms with Gasteiger partial charge in [0.15, 0.2) is 0 Å². The molecule has 1 N–H and O–H groups in total. The monoisotopic (exact) mass is 296 g/mol. The molecule has 0 aliphatic rings. The number of hydrogen-bond acceptors (Lipinski definition) is 2. The van der Waals surface area contributed by atoms with Gasteiger partial charge in [-0.2, -0.15) is 0 Å². The minimum Gasteiger partial charge on any atom is -0.345 e. The topological polar surface area (TPSA) is 42.0 Å². The van der Waals surface area contributed by atoms with Crippen LogP contribution in [-0.4, -0.2) is 10.9 Å². The summed E-state index contributed by atoms with van der Waals surface area (Å²) < 4.78 is 27.2. The van der Waals surface area contributed by atoms with Crippen LogP contribution in [0.2, 0.25) is 5.02 Å². The molecule has 0 fully saturated rings. The number of nitrogens with one attached hydrogen (secondary N) is 1. The zero-order valence-electron chi connectivity index (χ0n) is 10.5. The van der Waals surface area contributed by atoms with E-state index in [9.17, 15) is 13.6 Å². The first-order chi connectivity index (χ1) is 9.50. The molecule has 1 amide bonds. The van der Waals surface area contributed by atoms with Gasteiger partial charge in [-0.05, 0) is 25.1 Å². The van der Waals surface area contributed by atoms with E-state index in [4.69, 9.17) is 11.6 Å². The van der Waals surface area contributed by atoms with E-state index in [-0.39, 0.29) is 16.1 Å². The van der Waals surface area contributed by atoms with E-state index >= 15 is 0 Å². The highest BCUT2D eigenvalue weighted by Crippen LogP contribution is 2.21. The number of carbonyl (C=O) groups is 1. The molecule has 6 heteroatoms. The third-order valence-electron chi connectivity index (χ3n) is 2.79. The maximum absolute atomic E-state index is 13.6. The summed E-state index contributed by atoms with van der Waals surface area (Å²) in [5, 5.41) is 2.71. The molecule has 0 aliphatic heterocycles. The lowest BCUT2D eigenvalue weighted by Crippen LogP contribution is -2.28. The minimum atomic E-state index is -0.833. The van der Waals surface area contributed by atoms with Crippen LogP contribution in [0.15, 0.2) is 36.7 Å². The summed E-state index contributed by atoms with van der Waals surface area (Å²) >= 11 is 5.86. The molecule has 0 radical (unpaired) electrons. The van der Waals surface area contributed by atoms with Gasteiger partial charge < -0.3 is 5.32 Å². The van der Waals surface area contributed by atoms with Crippen LogP contribution in [0.4, 0.5) is 8.78 Å². The highest BCUT2D eigenvalue weighted by Gasteiger charge is 2.19. The molecule has 0 bridgehead atoms. The van der Waals surface area contributed by atoms with E-state index in [0.717, 1.165) is 12.1 Å². The summed E-state index contributed by atoms with van der Waals surface area (Å²) in [7, 11) is 0. The summed E-state index contributed by atoms with van der Waals surface area (Å²) in [4.78, 5) is 15.8. The van der Waals surface area contributed by atoms with Crippen molar-refractivity contribution in [1.82, 2.24) is 10.3 Å². The van der Waals surface area contributed by atoms with Crippen molar-refractivity contribution in [2.24, 2.45) is 0 Å². The number of nitrogens with zero attached hydrogens (tertiary/aromatic N) is 1. The van der Waals surface area contributed by atoms with E-state index in [1.165, 1.54) is 31.5 Å². The molecular weight excluding hydrogens is 286 g/mol. The van der Waals surface area contributed by atoms with Gasteiger partial charge in [-0.15, -0.1) is 0 Å². The fourth-order valence-electron chi connectivity index (χ4n) is 1.82. The second-order valence-corrected chi connectivity index (χ2v) is 4.59. The molecule has 1 heterocycles. The Hall–Kier alpha value is -2.01. The second-order valence-electron chi connectivity index (χ2n) is 4.19. The van der Waals surface area contributed by atoms with Crippen molar-refractivity contribution < 1.29 is 13.6 Å². The van der Waals surface area contributed by atoms with Crippen molar-refractivity contribution in [2.45, 2.75) is 13.0 Å². The summed E-state index contributed by atoms with van der Waals surface area (Å²) in [5.74, 6) is -1.97. The second kappa shape index (κ2) is 5.96. The zero-order chi connectivity index (χ0) is 14.7. The van der Waals surface area contributed by atoms with Gasteiger partial charge in [0.25, 0.3) is 5.91 Å². The molecule has 2 aromatic rings. The summed E-state index contributed by atoms with van der Waals surface area (Å²) in [6.07, 6.45) is 2.74. The number of halogens is 3. The number of aromatic nitrogens is 1. The van der Waals surface area contributed by atoms with Crippen molar-refractivity contribution in [3.8, 4) is 0 Å². The van der Waals surface area contributed by atoms with E-state index in [2.05, 4.69) is 10.3 Å². The maximum Gasteiger partial charge on any atom is 0.254 e. The van der Waals surface area contributed by atoms with Gasteiger partial charge in [-0.3, -0.25) is 9.78 Å². The van der Waals surface area contributed by atoms with Crippen LogP contribution in [0.3, 0.4) is 0 Å². The molecule has 104 valence electrons. The minimum absolute atomic E-state index is 0.151. The number of amides is 1. The first-order valence-corrected chi connectivity index (χ1v) is 6.22. The number of hydrogen-bond donors (Lipinski definition) is 1. The Kier molecular flexibility index (Phi) is 4.29. The molecule has 1 aromatic heterocycles. The standard InChI is InChI=1S/C14H11ClF2N2O/c1-8(13-11(16)3-2-4-12(13)17)19-14(20)9-7-18-6-5-10(9)15/h2-8H,1H3,(H,19,20). The highest BCUT2D eigenvalue weighted by atomic mass is 35.5. The van der Waals surface area contributed by atoms with Gasteiger partial charge >= 0.3 is 0 Å². The molecule has 2 rings (SSSR count). The third kappa shape index (κ3) is 2.93. The van der Waals surface area contributed by atoms with Crippen molar-refractivity contribution in [2.75, 3.05) is 0 Å². The van der Waals surface area contributed by atoms with Crippen molar-refractivity contribution in [1.29, 1.82) is 0 Å². The number of rotatable bonds is 3. The molecule has 0 saturated carbocycles. The Labute approximate surface area is 119 Å². The number of benzene rings is 1. The normalized spacial score (nSPS) is 12.0. The van der Waals surface area contributed by atoms with Crippen LogP contribution in [0.25, 0.3) is 0 Å². The summed E-state index contributed by atoms with van der Waals surface area (Å²) in [5.41, 5.74) is -0.0429. The Morgan fingerprint density at radius 3 is 2.55 bits per heavy atom. The highest BCUT2D eigenvalue weighted by molar-refractivity contribution is 6.33. The average Bonchev–Trinajstić information content (AvgIpc) is 2.38. The van der Waals surface area contributed by atoms with E-state index in [1.807, 2.05) is 0 Å². The van der Waals surface area contributed by atoms with Crippen molar-refractivity contribution >= 4 is 17.5 Å². The molecular formula is C14H11ClF2N2O. The smallest absolute Gasteiger partial charge is 0.254 e. The number of pyridine rings is 1. The van der Waals surface area contributed by atoms with Gasteiger partial charge in [0.05, 0.1) is 16.6 Å². The summed E-state index contributed by atoms with van der Waals surface area (Å²) in [6, 6.07) is 4.17. The van der Waals surface area contributed by atoms with Crippen LogP contribution in [-0.2, 0) is 0 Å². The first-order valence-electron chi connectivity index (χ1n) is 5.85. The van der Waals surface area contributed by atoms with Crippen LogP contribution < -0.4 is 5.32 Å². The lowest BCUT2D eigenvalue weighted by atomic mass is 10.1. The Bertz CT molecular complexity index is 629. The largest absolute Gasteiger partial charge is 0.345 e. The quantitative estimate of drug-likeness (QED) is 0.942. The Morgan fingerprint density at radius 2 is 1.95 bits per heavy atom. The molecule has 0 saturated heterocycles. The van der Waals surface area contributed by atoms with E-state index < -0.39 is 23.6 Å². The Morgan fingerprint density at radius 1 is 1.30 bits per heavy atom. The molecule has 3 nitrogen and oxygen atoms in total. The first kappa shape index (κ1) is 14.4. The SMILES string of the molecule is CC(NC(=O)c1cnccc1Cl)c1c(F)cccc1F. The molecule has 20 heavy (non-hydrogen) atoms. The fraction of sp³-hybridized carbons (Fsp3) is 0.143. The molecule has 0 aliphatic carbocycles. The molecule has 0 spiro atoms. The molecule has 1 atom stereocenters. The maximum atomic E-state index is 13.6. The van der Waals surface area contributed by atoms with Gasteiger partial charge in [-0.1, -0.05) is 17.7 Å². The van der Waals surface area contributed by atoms with Gasteiger partial charge in [0.1, 0.15) is 11.6 Å². The van der Waals surface area contributed by atoms with Crippen LogP contribution in [0.5, 0.6) is 0 Å². The lowest BCUT2D eigenvalue weighted by Gasteiger charge is -2.16. The summed E-state index contributed by atoms with van der Waals surface area (Å²) in [6.45, 7) is 1.49. The van der Waals surface area contributed by atoms with Crippen LogP contribution in [0.1, 0.15) is 28.9 Å². The average molecular weight is 297 g/mol.